The first-order chi connectivity index (χ1) is 11.6. The number of aryl methyl sites for hydroxylation is 1. The molecule has 0 aliphatic carbocycles. The van der Waals surface area contributed by atoms with Crippen molar-refractivity contribution in [3.63, 3.8) is 0 Å². The van der Waals surface area contributed by atoms with Gasteiger partial charge >= 0.3 is 5.97 Å². The monoisotopic (exact) mass is 327 g/mol. The summed E-state index contributed by atoms with van der Waals surface area (Å²) < 4.78 is 5.79. The smallest absolute Gasteiger partial charge is 0.304 e. The summed E-state index contributed by atoms with van der Waals surface area (Å²) in [5, 5.41) is 11.7. The highest BCUT2D eigenvalue weighted by molar-refractivity contribution is 5.66. The number of benzene rings is 2. The lowest BCUT2D eigenvalue weighted by Crippen LogP contribution is -2.20. The van der Waals surface area contributed by atoms with Crippen LogP contribution in [0.2, 0.25) is 0 Å². The van der Waals surface area contributed by atoms with Gasteiger partial charge in [0.05, 0.1) is 13.0 Å². The second-order valence-corrected chi connectivity index (χ2v) is 5.88. The number of aliphatic carboxylic acids is 1. The molecule has 0 saturated heterocycles. The second kappa shape index (κ2) is 9.73. The molecule has 0 aromatic heterocycles. The van der Waals surface area contributed by atoms with E-state index in [0.717, 1.165) is 25.1 Å². The number of hydrogen-bond donors (Lipinski definition) is 2. The summed E-state index contributed by atoms with van der Waals surface area (Å²) >= 11 is 0. The lowest BCUT2D eigenvalue weighted by molar-refractivity contribution is -0.136. The second-order valence-electron chi connectivity index (χ2n) is 5.88. The molecule has 0 saturated carbocycles. The van der Waals surface area contributed by atoms with Crippen LogP contribution >= 0.6 is 0 Å². The van der Waals surface area contributed by atoms with E-state index in [1.165, 1.54) is 16.7 Å². The zero-order chi connectivity index (χ0) is 17.2. The van der Waals surface area contributed by atoms with Crippen LogP contribution < -0.4 is 10.1 Å². The molecule has 2 N–H and O–H groups in total. The first-order valence-electron chi connectivity index (χ1n) is 8.33. The number of hydrogen-bond acceptors (Lipinski definition) is 3. The third kappa shape index (κ3) is 6.84. The zero-order valence-electron chi connectivity index (χ0n) is 14.1. The molecule has 24 heavy (non-hydrogen) atoms. The zero-order valence-corrected chi connectivity index (χ0v) is 14.1. The van der Waals surface area contributed by atoms with Gasteiger partial charge in [-0.25, -0.2) is 0 Å². The standard InChI is InChI=1S/C20H25NO3/c1-16-3-2-4-18(15-16)11-14-24-19-7-5-17(6-8-19)9-12-21-13-10-20(22)23/h2-8,15,21H,9-14H2,1H3,(H,22,23). The van der Waals surface area contributed by atoms with Gasteiger partial charge in [-0.3, -0.25) is 4.79 Å². The van der Waals surface area contributed by atoms with Crippen molar-refractivity contribution < 1.29 is 14.6 Å². The largest absolute Gasteiger partial charge is 0.493 e. The van der Waals surface area contributed by atoms with Gasteiger partial charge in [0.1, 0.15) is 5.75 Å². The molecule has 0 radical (unpaired) electrons. The third-order valence-corrected chi connectivity index (χ3v) is 3.77. The SMILES string of the molecule is Cc1cccc(CCOc2ccc(CCNCCC(=O)O)cc2)c1. The van der Waals surface area contributed by atoms with Crippen LogP contribution in [0.1, 0.15) is 23.1 Å². The third-order valence-electron chi connectivity index (χ3n) is 3.77. The fourth-order valence-corrected chi connectivity index (χ4v) is 2.46. The predicted octanol–water partition coefficient (Wildman–Crippen LogP) is 3.22. The summed E-state index contributed by atoms with van der Waals surface area (Å²) in [7, 11) is 0. The quantitative estimate of drug-likeness (QED) is 0.658. The van der Waals surface area contributed by atoms with Crippen molar-refractivity contribution in [3.05, 3.63) is 65.2 Å². The lowest BCUT2D eigenvalue weighted by Gasteiger charge is -2.08. The van der Waals surface area contributed by atoms with Crippen LogP contribution in [0.5, 0.6) is 5.75 Å². The van der Waals surface area contributed by atoms with E-state index in [4.69, 9.17) is 9.84 Å². The van der Waals surface area contributed by atoms with Crippen molar-refractivity contribution in [1.82, 2.24) is 5.32 Å². The first kappa shape index (κ1) is 18.0. The van der Waals surface area contributed by atoms with Crippen LogP contribution in [0.4, 0.5) is 0 Å². The Morgan fingerprint density at radius 3 is 2.54 bits per heavy atom. The van der Waals surface area contributed by atoms with Gasteiger partial charge in [0.15, 0.2) is 0 Å². The average Bonchev–Trinajstić information content (AvgIpc) is 2.56. The molecule has 0 heterocycles. The van der Waals surface area contributed by atoms with Gasteiger partial charge in [-0.2, -0.15) is 0 Å². The van der Waals surface area contributed by atoms with Gasteiger partial charge in [-0.05, 0) is 43.1 Å². The summed E-state index contributed by atoms with van der Waals surface area (Å²) in [6, 6.07) is 16.6. The van der Waals surface area contributed by atoms with Gasteiger partial charge in [0.2, 0.25) is 0 Å². The van der Waals surface area contributed by atoms with E-state index in [2.05, 4.69) is 48.6 Å². The molecule has 2 aromatic carbocycles. The molecule has 2 aromatic rings. The van der Waals surface area contributed by atoms with Crippen LogP contribution in [-0.2, 0) is 17.6 Å². The molecule has 0 aliphatic heterocycles. The minimum Gasteiger partial charge on any atom is -0.493 e. The van der Waals surface area contributed by atoms with Crippen molar-refractivity contribution >= 4 is 5.97 Å². The summed E-state index contributed by atoms with van der Waals surface area (Å²) in [6.07, 6.45) is 1.94. The van der Waals surface area contributed by atoms with Crippen LogP contribution in [0.3, 0.4) is 0 Å². The molecule has 4 heteroatoms. The van der Waals surface area contributed by atoms with Crippen LogP contribution in [-0.4, -0.2) is 30.8 Å². The Hall–Kier alpha value is -2.33. The van der Waals surface area contributed by atoms with E-state index in [-0.39, 0.29) is 6.42 Å². The van der Waals surface area contributed by atoms with E-state index >= 15 is 0 Å². The maximum Gasteiger partial charge on any atom is 0.304 e. The summed E-state index contributed by atoms with van der Waals surface area (Å²) in [4.78, 5) is 10.4. The lowest BCUT2D eigenvalue weighted by atomic mass is 10.1. The molecule has 0 bridgehead atoms. The highest BCUT2D eigenvalue weighted by atomic mass is 16.5. The molecule has 0 fully saturated rings. The number of carboxylic acid groups (broad SMARTS) is 1. The van der Waals surface area contributed by atoms with Crippen molar-refractivity contribution in [2.24, 2.45) is 0 Å². The molecule has 0 atom stereocenters. The number of rotatable bonds is 10. The van der Waals surface area contributed by atoms with Crippen LogP contribution in [0.15, 0.2) is 48.5 Å². The minimum absolute atomic E-state index is 0.160. The van der Waals surface area contributed by atoms with Crippen molar-refractivity contribution in [3.8, 4) is 5.75 Å². The number of nitrogens with one attached hydrogen (secondary N) is 1. The Bertz CT molecular complexity index is 638. The van der Waals surface area contributed by atoms with E-state index in [0.29, 0.717) is 13.2 Å². The summed E-state index contributed by atoms with van der Waals surface area (Å²) in [5.41, 5.74) is 3.77. The topological polar surface area (TPSA) is 58.6 Å². The molecule has 4 nitrogen and oxygen atoms in total. The molecular weight excluding hydrogens is 302 g/mol. The Labute approximate surface area is 143 Å². The Kier molecular flexibility index (Phi) is 7.30. The average molecular weight is 327 g/mol. The van der Waals surface area contributed by atoms with E-state index < -0.39 is 5.97 Å². The van der Waals surface area contributed by atoms with Gasteiger partial charge in [-0.15, -0.1) is 0 Å². The van der Waals surface area contributed by atoms with Crippen LogP contribution in [0, 0.1) is 6.92 Å². The Morgan fingerprint density at radius 2 is 1.83 bits per heavy atom. The number of carbonyl (C=O) groups is 1. The molecular formula is C20H25NO3. The van der Waals surface area contributed by atoms with E-state index in [1.807, 2.05) is 12.1 Å². The molecule has 0 amide bonds. The van der Waals surface area contributed by atoms with Crippen molar-refractivity contribution in [2.75, 3.05) is 19.7 Å². The predicted molar refractivity (Wildman–Crippen MR) is 95.6 cm³/mol. The molecule has 2 rings (SSSR count). The fraction of sp³-hybridized carbons (Fsp3) is 0.350. The summed E-state index contributed by atoms with van der Waals surface area (Å²) in [6.45, 7) is 4.05. The highest BCUT2D eigenvalue weighted by Gasteiger charge is 1.99. The molecule has 0 unspecified atom stereocenters. The van der Waals surface area contributed by atoms with Gasteiger partial charge in [0.25, 0.3) is 0 Å². The normalized spacial score (nSPS) is 10.5. The first-order valence-corrected chi connectivity index (χ1v) is 8.33. The Morgan fingerprint density at radius 1 is 1.04 bits per heavy atom. The van der Waals surface area contributed by atoms with Crippen molar-refractivity contribution in [2.45, 2.75) is 26.2 Å². The van der Waals surface area contributed by atoms with Gasteiger partial charge < -0.3 is 15.2 Å². The van der Waals surface area contributed by atoms with E-state index in [9.17, 15) is 4.79 Å². The molecule has 0 aliphatic rings. The maximum absolute atomic E-state index is 10.4. The Balaban J connectivity index is 1.67. The fourth-order valence-electron chi connectivity index (χ4n) is 2.46. The van der Waals surface area contributed by atoms with E-state index in [1.54, 1.807) is 0 Å². The number of carboxylic acids is 1. The van der Waals surface area contributed by atoms with Crippen molar-refractivity contribution in [1.29, 1.82) is 0 Å². The highest BCUT2D eigenvalue weighted by Crippen LogP contribution is 2.13. The number of ether oxygens (including phenoxy) is 1. The maximum atomic E-state index is 10.4. The molecule has 128 valence electrons. The van der Waals surface area contributed by atoms with Crippen LogP contribution in [0.25, 0.3) is 0 Å². The molecule has 0 spiro atoms. The van der Waals surface area contributed by atoms with Gasteiger partial charge in [0, 0.05) is 13.0 Å². The summed E-state index contributed by atoms with van der Waals surface area (Å²) in [5.74, 6) is 0.111. The van der Waals surface area contributed by atoms with Gasteiger partial charge in [-0.1, -0.05) is 42.0 Å². The minimum atomic E-state index is -0.769.